The zero-order chi connectivity index (χ0) is 14.7. The minimum absolute atomic E-state index is 0.0586. The van der Waals surface area contributed by atoms with Crippen molar-refractivity contribution in [3.05, 3.63) is 77.1 Å². The maximum atomic E-state index is 13.1. The van der Waals surface area contributed by atoms with E-state index in [1.165, 1.54) is 0 Å². The summed E-state index contributed by atoms with van der Waals surface area (Å²) < 4.78 is 1.87. The van der Waals surface area contributed by atoms with Gasteiger partial charge >= 0.3 is 0 Å². The molecule has 0 bridgehead atoms. The minimum atomic E-state index is 0.0586. The van der Waals surface area contributed by atoms with E-state index in [4.69, 9.17) is 0 Å². The standard InChI is InChI=1S/C19H11NOS/c21-19-14-7-2-1-6-12(14)13-8-5-11-17-18(13)20(19)15-9-3-4-10-16(15)22-17/h1-11H. The van der Waals surface area contributed by atoms with Gasteiger partial charge in [0.05, 0.1) is 11.2 Å². The Morgan fingerprint density at radius 1 is 0.682 bits per heavy atom. The van der Waals surface area contributed by atoms with E-state index in [0.29, 0.717) is 0 Å². The van der Waals surface area contributed by atoms with Crippen LogP contribution in [0.4, 0.5) is 0 Å². The molecule has 5 rings (SSSR count). The summed E-state index contributed by atoms with van der Waals surface area (Å²) >= 11 is 1.73. The number of pyridine rings is 1. The molecule has 0 amide bonds. The molecule has 0 atom stereocenters. The third-order valence-corrected chi connectivity index (χ3v) is 5.31. The number of fused-ring (bicyclic) bond motifs is 4. The van der Waals surface area contributed by atoms with Crippen molar-refractivity contribution >= 4 is 33.4 Å². The number of para-hydroxylation sites is 2. The predicted octanol–water partition coefficient (Wildman–Crippen LogP) is 4.61. The van der Waals surface area contributed by atoms with Gasteiger partial charge in [0.15, 0.2) is 0 Å². The highest BCUT2D eigenvalue weighted by molar-refractivity contribution is 7.99. The fourth-order valence-corrected chi connectivity index (χ4v) is 4.35. The Balaban J connectivity index is 2.14. The lowest BCUT2D eigenvalue weighted by molar-refractivity contribution is 1.00. The molecular weight excluding hydrogens is 290 g/mol. The van der Waals surface area contributed by atoms with E-state index < -0.39 is 0 Å². The van der Waals surface area contributed by atoms with Gasteiger partial charge in [0.25, 0.3) is 5.56 Å². The van der Waals surface area contributed by atoms with Crippen molar-refractivity contribution in [1.82, 2.24) is 4.57 Å². The predicted molar refractivity (Wildman–Crippen MR) is 91.2 cm³/mol. The second kappa shape index (κ2) is 4.24. The SMILES string of the molecule is O=c1c2ccccc2c2cccc3c2n1-c1ccccc1S3. The quantitative estimate of drug-likeness (QED) is 0.390. The van der Waals surface area contributed by atoms with Gasteiger partial charge in [0.2, 0.25) is 0 Å². The Labute approximate surface area is 131 Å². The molecule has 0 N–H and O–H groups in total. The highest BCUT2D eigenvalue weighted by Crippen LogP contribution is 2.42. The fourth-order valence-electron chi connectivity index (χ4n) is 3.26. The zero-order valence-corrected chi connectivity index (χ0v) is 12.4. The van der Waals surface area contributed by atoms with Crippen molar-refractivity contribution in [2.45, 2.75) is 9.79 Å². The number of benzene rings is 3. The number of nitrogens with zero attached hydrogens (tertiary/aromatic N) is 1. The molecule has 0 aliphatic carbocycles. The lowest BCUT2D eigenvalue weighted by Crippen LogP contribution is -2.21. The van der Waals surface area contributed by atoms with Gasteiger partial charge in [-0.1, -0.05) is 54.2 Å². The second-order valence-corrected chi connectivity index (χ2v) is 6.49. The van der Waals surface area contributed by atoms with Crippen molar-refractivity contribution in [2.75, 3.05) is 0 Å². The van der Waals surface area contributed by atoms with Crippen LogP contribution in [0.5, 0.6) is 0 Å². The Morgan fingerprint density at radius 2 is 1.36 bits per heavy atom. The monoisotopic (exact) mass is 301 g/mol. The molecule has 0 saturated carbocycles. The van der Waals surface area contributed by atoms with Gasteiger partial charge in [0.1, 0.15) is 0 Å². The lowest BCUT2D eigenvalue weighted by Gasteiger charge is -2.22. The molecule has 3 heteroatoms. The van der Waals surface area contributed by atoms with E-state index in [2.05, 4.69) is 24.3 Å². The Bertz CT molecular complexity index is 1130. The Morgan fingerprint density at radius 3 is 2.27 bits per heavy atom. The Kier molecular flexibility index (Phi) is 2.33. The van der Waals surface area contributed by atoms with E-state index in [1.807, 2.05) is 47.0 Å². The highest BCUT2D eigenvalue weighted by atomic mass is 32.2. The third-order valence-electron chi connectivity index (χ3n) is 4.20. The van der Waals surface area contributed by atoms with E-state index in [9.17, 15) is 4.79 Å². The molecule has 0 fully saturated rings. The maximum absolute atomic E-state index is 13.1. The molecule has 22 heavy (non-hydrogen) atoms. The summed E-state index contributed by atoms with van der Waals surface area (Å²) in [7, 11) is 0. The van der Waals surface area contributed by atoms with Crippen LogP contribution in [0, 0.1) is 0 Å². The normalized spacial score (nSPS) is 12.5. The highest BCUT2D eigenvalue weighted by Gasteiger charge is 2.21. The smallest absolute Gasteiger partial charge is 0.263 e. The van der Waals surface area contributed by atoms with Crippen molar-refractivity contribution in [1.29, 1.82) is 0 Å². The largest absolute Gasteiger partial charge is 0.274 e. The molecule has 3 aromatic carbocycles. The average molecular weight is 301 g/mol. The molecule has 4 aromatic rings. The molecule has 1 aromatic heterocycles. The van der Waals surface area contributed by atoms with Crippen LogP contribution in [-0.2, 0) is 0 Å². The molecule has 1 aliphatic heterocycles. The van der Waals surface area contributed by atoms with Gasteiger partial charge in [-0.25, -0.2) is 0 Å². The van der Waals surface area contributed by atoms with Gasteiger partial charge in [-0.3, -0.25) is 9.36 Å². The van der Waals surface area contributed by atoms with Crippen LogP contribution >= 0.6 is 11.8 Å². The van der Waals surface area contributed by atoms with Gasteiger partial charge in [-0.05, 0) is 29.7 Å². The first-order valence-electron chi connectivity index (χ1n) is 7.18. The molecule has 0 saturated heterocycles. The van der Waals surface area contributed by atoms with Crippen molar-refractivity contribution in [3.8, 4) is 5.69 Å². The fraction of sp³-hybridized carbons (Fsp3) is 0. The summed E-state index contributed by atoms with van der Waals surface area (Å²) in [6.45, 7) is 0. The number of rotatable bonds is 0. The van der Waals surface area contributed by atoms with Gasteiger partial charge in [-0.15, -0.1) is 0 Å². The third kappa shape index (κ3) is 1.44. The van der Waals surface area contributed by atoms with Gasteiger partial charge < -0.3 is 0 Å². The minimum Gasteiger partial charge on any atom is -0.274 e. The average Bonchev–Trinajstić information content (AvgIpc) is 2.58. The van der Waals surface area contributed by atoms with Crippen LogP contribution < -0.4 is 5.56 Å². The lowest BCUT2D eigenvalue weighted by atomic mass is 10.1. The molecule has 0 radical (unpaired) electrons. The van der Waals surface area contributed by atoms with Crippen LogP contribution in [0.3, 0.4) is 0 Å². The van der Waals surface area contributed by atoms with Gasteiger partial charge in [-0.2, -0.15) is 0 Å². The van der Waals surface area contributed by atoms with Crippen molar-refractivity contribution in [2.24, 2.45) is 0 Å². The molecule has 2 heterocycles. The van der Waals surface area contributed by atoms with E-state index >= 15 is 0 Å². The molecule has 0 spiro atoms. The summed E-state index contributed by atoms with van der Waals surface area (Å²) in [6.07, 6.45) is 0. The topological polar surface area (TPSA) is 22.0 Å². The first-order chi connectivity index (χ1) is 10.8. The van der Waals surface area contributed by atoms with Crippen LogP contribution in [-0.4, -0.2) is 4.57 Å². The second-order valence-electron chi connectivity index (χ2n) is 5.41. The first kappa shape index (κ1) is 12.1. The van der Waals surface area contributed by atoms with Crippen LogP contribution in [0.15, 0.2) is 81.3 Å². The summed E-state index contributed by atoms with van der Waals surface area (Å²) in [6, 6.07) is 22.2. The van der Waals surface area contributed by atoms with Crippen LogP contribution in [0.25, 0.3) is 27.4 Å². The molecule has 1 aliphatic rings. The first-order valence-corrected chi connectivity index (χ1v) is 8.00. The molecule has 2 nitrogen and oxygen atoms in total. The molecular formula is C19H11NOS. The molecule has 104 valence electrons. The summed E-state index contributed by atoms with van der Waals surface area (Å²) in [5.41, 5.74) is 2.06. The summed E-state index contributed by atoms with van der Waals surface area (Å²) in [4.78, 5) is 15.3. The van der Waals surface area contributed by atoms with Crippen molar-refractivity contribution < 1.29 is 0 Å². The number of hydrogen-bond acceptors (Lipinski definition) is 2. The van der Waals surface area contributed by atoms with E-state index in [0.717, 1.165) is 37.2 Å². The summed E-state index contributed by atoms with van der Waals surface area (Å²) in [5, 5.41) is 2.93. The number of hydrogen-bond donors (Lipinski definition) is 0. The maximum Gasteiger partial charge on any atom is 0.263 e. The van der Waals surface area contributed by atoms with E-state index in [1.54, 1.807) is 11.8 Å². The zero-order valence-electron chi connectivity index (χ0n) is 11.6. The number of aromatic nitrogens is 1. The van der Waals surface area contributed by atoms with E-state index in [-0.39, 0.29) is 5.56 Å². The Hall–Kier alpha value is -2.52. The van der Waals surface area contributed by atoms with Crippen LogP contribution in [0.1, 0.15) is 0 Å². The van der Waals surface area contributed by atoms with Gasteiger partial charge in [0, 0.05) is 20.6 Å². The van der Waals surface area contributed by atoms with Crippen molar-refractivity contribution in [3.63, 3.8) is 0 Å². The summed E-state index contributed by atoms with van der Waals surface area (Å²) in [5.74, 6) is 0. The van der Waals surface area contributed by atoms with Crippen LogP contribution in [0.2, 0.25) is 0 Å². The molecule has 0 unspecified atom stereocenters.